The minimum atomic E-state index is 0.665. The summed E-state index contributed by atoms with van der Waals surface area (Å²) in [4.78, 5) is 12.8. The van der Waals surface area contributed by atoms with Crippen molar-refractivity contribution in [2.45, 2.75) is 0 Å². The van der Waals surface area contributed by atoms with E-state index in [0.717, 1.165) is 17.1 Å². The minimum absolute atomic E-state index is 0.665. The second-order valence-corrected chi connectivity index (χ2v) is 4.07. The molecule has 0 aliphatic rings. The highest BCUT2D eigenvalue weighted by atomic mass is 15.3. The number of nitrogens with zero attached hydrogens (tertiary/aromatic N) is 5. The summed E-state index contributed by atoms with van der Waals surface area (Å²) in [6, 6.07) is 11.5. The van der Waals surface area contributed by atoms with E-state index >= 15 is 0 Å². The molecule has 98 valence electrons. The molecule has 0 bridgehead atoms. The van der Waals surface area contributed by atoms with Gasteiger partial charge in [0, 0.05) is 13.2 Å². The van der Waals surface area contributed by atoms with E-state index in [1.807, 2.05) is 36.4 Å². The maximum atomic E-state index is 4.58. The topological polar surface area (TPSA) is 79.7 Å². The number of hydrogen-bond acceptors (Lipinski definition) is 5. The molecular weight excluding hydrogens is 252 g/mol. The van der Waals surface area contributed by atoms with Gasteiger partial charge in [0.1, 0.15) is 11.4 Å². The zero-order valence-corrected chi connectivity index (χ0v) is 10.9. The van der Waals surface area contributed by atoms with Crippen LogP contribution in [0.25, 0.3) is 22.8 Å². The van der Waals surface area contributed by atoms with Crippen LogP contribution in [0.4, 0.5) is 0 Å². The SMILES string of the molecule is CN=Cc1n[nH]nc1-c1cccc(-c2ccccn2)n1. The summed E-state index contributed by atoms with van der Waals surface area (Å²) in [7, 11) is 1.69. The minimum Gasteiger partial charge on any atom is -0.294 e. The zero-order valence-electron chi connectivity index (χ0n) is 10.9. The number of aromatic amines is 1. The van der Waals surface area contributed by atoms with Crippen molar-refractivity contribution in [1.82, 2.24) is 25.4 Å². The smallest absolute Gasteiger partial charge is 0.140 e. The molecule has 3 aromatic heterocycles. The Morgan fingerprint density at radius 3 is 2.65 bits per heavy atom. The molecule has 6 heteroatoms. The van der Waals surface area contributed by atoms with E-state index in [1.165, 1.54) is 0 Å². The predicted molar refractivity (Wildman–Crippen MR) is 76.4 cm³/mol. The number of rotatable bonds is 3. The first kappa shape index (κ1) is 12.2. The zero-order chi connectivity index (χ0) is 13.8. The molecule has 0 aliphatic heterocycles. The quantitative estimate of drug-likeness (QED) is 0.733. The van der Waals surface area contributed by atoms with E-state index in [-0.39, 0.29) is 0 Å². The summed E-state index contributed by atoms with van der Waals surface area (Å²) in [6.07, 6.45) is 3.39. The lowest BCUT2D eigenvalue weighted by Gasteiger charge is -2.02. The van der Waals surface area contributed by atoms with E-state index in [2.05, 4.69) is 30.4 Å². The van der Waals surface area contributed by atoms with E-state index in [0.29, 0.717) is 11.4 Å². The number of hydrogen-bond donors (Lipinski definition) is 1. The van der Waals surface area contributed by atoms with Crippen LogP contribution in [0.5, 0.6) is 0 Å². The van der Waals surface area contributed by atoms with Gasteiger partial charge in [-0.25, -0.2) is 4.98 Å². The number of aliphatic imine (C=N–C) groups is 1. The first-order valence-corrected chi connectivity index (χ1v) is 6.10. The lowest BCUT2D eigenvalue weighted by atomic mass is 10.2. The van der Waals surface area contributed by atoms with Crippen LogP contribution < -0.4 is 0 Å². The van der Waals surface area contributed by atoms with Crippen molar-refractivity contribution >= 4 is 6.21 Å². The van der Waals surface area contributed by atoms with Crippen LogP contribution >= 0.6 is 0 Å². The van der Waals surface area contributed by atoms with Crippen molar-refractivity contribution in [3.05, 3.63) is 48.3 Å². The Balaban J connectivity index is 2.06. The van der Waals surface area contributed by atoms with Gasteiger partial charge in [-0.15, -0.1) is 0 Å². The standard InChI is InChI=1S/C14H12N6/c1-15-9-13-14(19-20-18-13)12-7-4-6-11(17-12)10-5-2-3-8-16-10/h2-9H,1H3,(H,18,19,20). The van der Waals surface area contributed by atoms with Gasteiger partial charge in [0.15, 0.2) is 0 Å². The Morgan fingerprint density at radius 1 is 1.00 bits per heavy atom. The maximum Gasteiger partial charge on any atom is 0.140 e. The fraction of sp³-hybridized carbons (Fsp3) is 0.0714. The third-order valence-corrected chi connectivity index (χ3v) is 2.75. The molecule has 0 atom stereocenters. The first-order chi connectivity index (χ1) is 9.88. The third-order valence-electron chi connectivity index (χ3n) is 2.75. The van der Waals surface area contributed by atoms with Crippen LogP contribution in [-0.4, -0.2) is 38.6 Å². The molecule has 3 rings (SSSR count). The summed E-state index contributed by atoms with van der Waals surface area (Å²) >= 11 is 0. The van der Waals surface area contributed by atoms with Crippen LogP contribution in [-0.2, 0) is 0 Å². The largest absolute Gasteiger partial charge is 0.294 e. The highest BCUT2D eigenvalue weighted by molar-refractivity contribution is 5.85. The average Bonchev–Trinajstić information content (AvgIpc) is 2.97. The summed E-state index contributed by atoms with van der Waals surface area (Å²) in [6.45, 7) is 0. The molecular formula is C14H12N6. The van der Waals surface area contributed by atoms with Crippen LogP contribution in [0.1, 0.15) is 5.69 Å². The van der Waals surface area contributed by atoms with Crippen molar-refractivity contribution in [3.8, 4) is 22.8 Å². The van der Waals surface area contributed by atoms with Crippen LogP contribution in [0.15, 0.2) is 47.6 Å². The summed E-state index contributed by atoms with van der Waals surface area (Å²) in [5, 5.41) is 10.8. The van der Waals surface area contributed by atoms with Crippen molar-refractivity contribution in [3.63, 3.8) is 0 Å². The molecule has 6 nitrogen and oxygen atoms in total. The van der Waals surface area contributed by atoms with Crippen molar-refractivity contribution in [1.29, 1.82) is 0 Å². The van der Waals surface area contributed by atoms with Crippen LogP contribution in [0, 0.1) is 0 Å². The third kappa shape index (κ3) is 2.31. The first-order valence-electron chi connectivity index (χ1n) is 6.10. The van der Waals surface area contributed by atoms with Gasteiger partial charge < -0.3 is 0 Å². The fourth-order valence-corrected chi connectivity index (χ4v) is 1.86. The van der Waals surface area contributed by atoms with Gasteiger partial charge in [-0.3, -0.25) is 9.98 Å². The molecule has 0 aromatic carbocycles. The second-order valence-electron chi connectivity index (χ2n) is 4.07. The molecule has 3 heterocycles. The normalized spacial score (nSPS) is 11.1. The van der Waals surface area contributed by atoms with Gasteiger partial charge in [-0.2, -0.15) is 15.4 Å². The molecule has 0 saturated heterocycles. The molecule has 20 heavy (non-hydrogen) atoms. The summed E-state index contributed by atoms with van der Waals surface area (Å²) in [5.74, 6) is 0. The van der Waals surface area contributed by atoms with E-state index in [4.69, 9.17) is 0 Å². The second kappa shape index (κ2) is 5.40. The monoisotopic (exact) mass is 264 g/mol. The molecule has 1 N–H and O–H groups in total. The average molecular weight is 264 g/mol. The highest BCUT2D eigenvalue weighted by Gasteiger charge is 2.11. The molecule has 0 aliphatic carbocycles. The fourth-order valence-electron chi connectivity index (χ4n) is 1.86. The Morgan fingerprint density at radius 2 is 1.85 bits per heavy atom. The molecule has 0 amide bonds. The molecule has 0 saturated carbocycles. The molecule has 0 radical (unpaired) electrons. The Kier molecular flexibility index (Phi) is 3.28. The van der Waals surface area contributed by atoms with Crippen LogP contribution in [0.3, 0.4) is 0 Å². The van der Waals surface area contributed by atoms with Gasteiger partial charge in [-0.1, -0.05) is 12.1 Å². The highest BCUT2D eigenvalue weighted by Crippen LogP contribution is 2.20. The lowest BCUT2D eigenvalue weighted by Crippen LogP contribution is -1.93. The number of aromatic nitrogens is 5. The Hall–Kier alpha value is -2.89. The predicted octanol–water partition coefficient (Wildman–Crippen LogP) is 1.98. The number of pyridine rings is 2. The van der Waals surface area contributed by atoms with Gasteiger partial charge >= 0.3 is 0 Å². The molecule has 0 fully saturated rings. The molecule has 3 aromatic rings. The maximum absolute atomic E-state index is 4.58. The lowest BCUT2D eigenvalue weighted by molar-refractivity contribution is 0.938. The van der Waals surface area contributed by atoms with Gasteiger partial charge in [0.2, 0.25) is 0 Å². The van der Waals surface area contributed by atoms with Crippen LogP contribution in [0.2, 0.25) is 0 Å². The van der Waals surface area contributed by atoms with Gasteiger partial charge in [-0.05, 0) is 24.3 Å². The van der Waals surface area contributed by atoms with E-state index in [1.54, 1.807) is 19.5 Å². The Labute approximate surface area is 115 Å². The summed E-state index contributed by atoms with van der Waals surface area (Å²) < 4.78 is 0. The Bertz CT molecular complexity index is 732. The van der Waals surface area contributed by atoms with E-state index in [9.17, 15) is 0 Å². The van der Waals surface area contributed by atoms with Gasteiger partial charge in [0.25, 0.3) is 0 Å². The van der Waals surface area contributed by atoms with Crippen molar-refractivity contribution in [2.75, 3.05) is 7.05 Å². The van der Waals surface area contributed by atoms with Crippen molar-refractivity contribution in [2.24, 2.45) is 4.99 Å². The van der Waals surface area contributed by atoms with E-state index < -0.39 is 0 Å². The number of nitrogens with one attached hydrogen (secondary N) is 1. The molecule has 0 unspecified atom stereocenters. The summed E-state index contributed by atoms with van der Waals surface area (Å²) in [5.41, 5.74) is 3.69. The van der Waals surface area contributed by atoms with Gasteiger partial charge in [0.05, 0.1) is 23.3 Å². The number of H-pyrrole nitrogens is 1. The molecule has 0 spiro atoms. The van der Waals surface area contributed by atoms with Crippen molar-refractivity contribution < 1.29 is 0 Å².